The first kappa shape index (κ1) is 11.0. The van der Waals surface area contributed by atoms with Crippen molar-refractivity contribution in [2.45, 2.75) is 32.8 Å². The van der Waals surface area contributed by atoms with Crippen LogP contribution in [0.1, 0.15) is 34.5 Å². The van der Waals surface area contributed by atoms with Crippen LogP contribution in [0.2, 0.25) is 0 Å². The highest BCUT2D eigenvalue weighted by Gasteiger charge is 2.26. The largest absolute Gasteiger partial charge is 0.387 e. The van der Waals surface area contributed by atoms with Crippen LogP contribution in [-0.4, -0.2) is 23.3 Å². The van der Waals surface area contributed by atoms with E-state index in [1.165, 1.54) is 0 Å². The molecule has 3 nitrogen and oxygen atoms in total. The van der Waals surface area contributed by atoms with Crippen molar-refractivity contribution >= 4 is 11.3 Å². The lowest BCUT2D eigenvalue weighted by Crippen LogP contribution is -2.21. The maximum Gasteiger partial charge on any atom is 0.0930 e. The van der Waals surface area contributed by atoms with Gasteiger partial charge in [-0.3, -0.25) is 0 Å². The zero-order chi connectivity index (χ0) is 10.8. The topological polar surface area (TPSA) is 42.4 Å². The van der Waals surface area contributed by atoms with Crippen molar-refractivity contribution < 1.29 is 9.84 Å². The minimum atomic E-state index is -0.347. The van der Waals surface area contributed by atoms with Crippen molar-refractivity contribution in [3.8, 4) is 0 Å². The molecule has 0 bridgehead atoms. The van der Waals surface area contributed by atoms with Crippen LogP contribution in [0.4, 0.5) is 0 Å². The molecule has 0 saturated carbocycles. The van der Waals surface area contributed by atoms with Crippen LogP contribution in [0.25, 0.3) is 0 Å². The summed E-state index contributed by atoms with van der Waals surface area (Å²) in [6, 6.07) is 0. The Labute approximate surface area is 94.1 Å². The molecule has 1 atom stereocenters. The molecule has 2 heterocycles. The second-order valence-electron chi connectivity index (χ2n) is 4.08. The molecule has 0 radical (unpaired) electrons. The van der Waals surface area contributed by atoms with Crippen LogP contribution in [0, 0.1) is 19.8 Å². The molecular formula is C11H17NO2S. The Kier molecular flexibility index (Phi) is 3.38. The number of nitrogens with zero attached hydrogens (tertiary/aromatic N) is 1. The Morgan fingerprint density at radius 2 is 2.07 bits per heavy atom. The molecule has 1 aliphatic heterocycles. The van der Waals surface area contributed by atoms with E-state index < -0.39 is 0 Å². The fourth-order valence-electron chi connectivity index (χ4n) is 2.07. The van der Waals surface area contributed by atoms with Crippen molar-refractivity contribution in [2.75, 3.05) is 13.2 Å². The summed E-state index contributed by atoms with van der Waals surface area (Å²) in [5, 5.41) is 11.3. The van der Waals surface area contributed by atoms with Gasteiger partial charge in [0.2, 0.25) is 0 Å². The SMILES string of the molecule is Cc1nc(C)c(C(O)C2CCOCC2)s1. The normalized spacial score (nSPS) is 20.5. The molecule has 2 rings (SSSR count). The lowest BCUT2D eigenvalue weighted by atomic mass is 9.92. The number of aryl methyl sites for hydroxylation is 2. The number of aromatic nitrogens is 1. The first-order valence-electron chi connectivity index (χ1n) is 5.38. The fraction of sp³-hybridized carbons (Fsp3) is 0.727. The molecule has 1 aliphatic rings. The third kappa shape index (κ3) is 2.38. The van der Waals surface area contributed by atoms with Gasteiger partial charge in [0.15, 0.2) is 0 Å². The third-order valence-electron chi connectivity index (χ3n) is 2.92. The molecule has 0 spiro atoms. The number of hydrogen-bond acceptors (Lipinski definition) is 4. The number of rotatable bonds is 2. The second kappa shape index (κ2) is 4.60. The Balaban J connectivity index is 2.12. The Bertz CT molecular complexity index is 331. The number of ether oxygens (including phenoxy) is 1. The maximum atomic E-state index is 10.3. The summed E-state index contributed by atoms with van der Waals surface area (Å²) in [5.41, 5.74) is 0.983. The zero-order valence-corrected chi connectivity index (χ0v) is 10.0. The Morgan fingerprint density at radius 3 is 2.60 bits per heavy atom. The van der Waals surface area contributed by atoms with E-state index >= 15 is 0 Å². The summed E-state index contributed by atoms with van der Waals surface area (Å²) in [5.74, 6) is 0.345. The number of aliphatic hydroxyl groups is 1. The molecule has 0 aliphatic carbocycles. The van der Waals surface area contributed by atoms with Crippen molar-refractivity contribution in [1.82, 2.24) is 4.98 Å². The van der Waals surface area contributed by atoms with Gasteiger partial charge in [-0.25, -0.2) is 4.98 Å². The van der Waals surface area contributed by atoms with Gasteiger partial charge in [-0.2, -0.15) is 0 Å². The molecule has 1 saturated heterocycles. The summed E-state index contributed by atoms with van der Waals surface area (Å²) >= 11 is 1.61. The van der Waals surface area contributed by atoms with Gasteiger partial charge in [-0.05, 0) is 32.6 Å². The van der Waals surface area contributed by atoms with Gasteiger partial charge < -0.3 is 9.84 Å². The van der Waals surface area contributed by atoms with Crippen molar-refractivity contribution in [1.29, 1.82) is 0 Å². The van der Waals surface area contributed by atoms with Crippen molar-refractivity contribution in [3.05, 3.63) is 15.6 Å². The fourth-order valence-corrected chi connectivity index (χ4v) is 3.07. The minimum absolute atomic E-state index is 0.345. The summed E-state index contributed by atoms with van der Waals surface area (Å²) in [7, 11) is 0. The van der Waals surface area contributed by atoms with E-state index in [4.69, 9.17) is 4.74 Å². The highest BCUT2D eigenvalue weighted by molar-refractivity contribution is 7.11. The Hall–Kier alpha value is -0.450. The van der Waals surface area contributed by atoms with Crippen LogP contribution in [0.5, 0.6) is 0 Å². The lowest BCUT2D eigenvalue weighted by molar-refractivity contribution is 0.00824. The zero-order valence-electron chi connectivity index (χ0n) is 9.19. The molecule has 1 unspecified atom stereocenters. The van der Waals surface area contributed by atoms with Gasteiger partial charge in [-0.1, -0.05) is 0 Å². The van der Waals surface area contributed by atoms with E-state index in [2.05, 4.69) is 4.98 Å². The molecule has 84 valence electrons. The maximum absolute atomic E-state index is 10.3. The minimum Gasteiger partial charge on any atom is -0.387 e. The van der Waals surface area contributed by atoms with Gasteiger partial charge in [0.25, 0.3) is 0 Å². The standard InChI is InChI=1S/C11H17NO2S/c1-7-11(15-8(2)12-7)10(13)9-3-5-14-6-4-9/h9-10,13H,3-6H2,1-2H3. The summed E-state index contributed by atoms with van der Waals surface area (Å²) in [6.45, 7) is 5.51. The molecule has 15 heavy (non-hydrogen) atoms. The van der Waals surface area contributed by atoms with Crippen molar-refractivity contribution in [2.24, 2.45) is 5.92 Å². The molecule has 0 aromatic carbocycles. The number of thiazole rings is 1. The quantitative estimate of drug-likeness (QED) is 0.842. The lowest BCUT2D eigenvalue weighted by Gasteiger charge is -2.26. The molecule has 1 aromatic rings. The predicted molar refractivity (Wildman–Crippen MR) is 60.1 cm³/mol. The van der Waals surface area contributed by atoms with Gasteiger partial charge >= 0.3 is 0 Å². The average molecular weight is 227 g/mol. The highest BCUT2D eigenvalue weighted by Crippen LogP contribution is 2.34. The summed E-state index contributed by atoms with van der Waals surface area (Å²) in [4.78, 5) is 5.40. The Morgan fingerprint density at radius 1 is 1.40 bits per heavy atom. The van der Waals surface area contributed by atoms with Gasteiger partial charge in [-0.15, -0.1) is 11.3 Å². The summed E-state index contributed by atoms with van der Waals surface area (Å²) in [6.07, 6.45) is 1.56. The molecule has 1 aromatic heterocycles. The number of aliphatic hydroxyl groups excluding tert-OH is 1. The first-order chi connectivity index (χ1) is 7.18. The highest BCUT2D eigenvalue weighted by atomic mass is 32.1. The van der Waals surface area contributed by atoms with Gasteiger partial charge in [0.1, 0.15) is 0 Å². The van der Waals surface area contributed by atoms with Gasteiger partial charge in [0, 0.05) is 13.2 Å². The van der Waals surface area contributed by atoms with E-state index in [0.717, 1.165) is 41.6 Å². The van der Waals surface area contributed by atoms with E-state index in [9.17, 15) is 5.11 Å². The molecule has 4 heteroatoms. The monoisotopic (exact) mass is 227 g/mol. The predicted octanol–water partition coefficient (Wildman–Crippen LogP) is 2.22. The van der Waals surface area contributed by atoms with E-state index in [-0.39, 0.29) is 6.10 Å². The molecule has 0 amide bonds. The molecule has 1 fully saturated rings. The summed E-state index contributed by atoms with van der Waals surface area (Å²) < 4.78 is 5.30. The van der Waals surface area contributed by atoms with Crippen LogP contribution in [0.15, 0.2) is 0 Å². The van der Waals surface area contributed by atoms with Crippen molar-refractivity contribution in [3.63, 3.8) is 0 Å². The molecular weight excluding hydrogens is 210 g/mol. The number of hydrogen-bond donors (Lipinski definition) is 1. The van der Waals surface area contributed by atoms with Crippen LogP contribution in [-0.2, 0) is 4.74 Å². The van der Waals surface area contributed by atoms with E-state index in [1.54, 1.807) is 11.3 Å². The van der Waals surface area contributed by atoms with Crippen LogP contribution >= 0.6 is 11.3 Å². The molecule has 1 N–H and O–H groups in total. The van der Waals surface area contributed by atoms with E-state index in [0.29, 0.717) is 5.92 Å². The smallest absolute Gasteiger partial charge is 0.0930 e. The first-order valence-corrected chi connectivity index (χ1v) is 6.20. The van der Waals surface area contributed by atoms with Crippen LogP contribution in [0.3, 0.4) is 0 Å². The van der Waals surface area contributed by atoms with E-state index in [1.807, 2.05) is 13.8 Å². The average Bonchev–Trinajstić information content (AvgIpc) is 2.58. The second-order valence-corrected chi connectivity index (χ2v) is 5.31. The third-order valence-corrected chi connectivity index (χ3v) is 4.06. The van der Waals surface area contributed by atoms with Crippen LogP contribution < -0.4 is 0 Å². The van der Waals surface area contributed by atoms with Gasteiger partial charge in [0.05, 0.1) is 21.7 Å².